The van der Waals surface area contributed by atoms with E-state index in [2.05, 4.69) is 17.1 Å². The van der Waals surface area contributed by atoms with Crippen LogP contribution in [0.3, 0.4) is 0 Å². The van der Waals surface area contributed by atoms with Gasteiger partial charge in [0.15, 0.2) is 0 Å². The van der Waals surface area contributed by atoms with E-state index >= 15 is 0 Å². The van der Waals surface area contributed by atoms with Gasteiger partial charge >= 0.3 is 6.03 Å². The molecule has 2 aliphatic heterocycles. The van der Waals surface area contributed by atoms with E-state index in [0.717, 1.165) is 32.8 Å². The van der Waals surface area contributed by atoms with Crippen molar-refractivity contribution in [1.29, 1.82) is 0 Å². The Morgan fingerprint density at radius 2 is 1.79 bits per heavy atom. The Morgan fingerprint density at radius 1 is 1.08 bits per heavy atom. The van der Waals surface area contributed by atoms with Crippen LogP contribution in [0.5, 0.6) is 0 Å². The van der Waals surface area contributed by atoms with Crippen molar-refractivity contribution < 1.29 is 14.3 Å². The maximum absolute atomic E-state index is 12.7. The SMILES string of the molecule is CC1OCCN(C(=O)NCC2(N3CCOCC3)CCCCC2)C1C. The molecule has 6 nitrogen and oxygen atoms in total. The zero-order valence-corrected chi connectivity index (χ0v) is 15.3. The summed E-state index contributed by atoms with van der Waals surface area (Å²) in [5.41, 5.74) is 0.124. The largest absolute Gasteiger partial charge is 0.379 e. The fourth-order valence-corrected chi connectivity index (χ4v) is 4.41. The molecule has 24 heavy (non-hydrogen) atoms. The monoisotopic (exact) mass is 339 g/mol. The van der Waals surface area contributed by atoms with Crippen LogP contribution in [-0.4, -0.2) is 79.5 Å². The predicted molar refractivity (Wildman–Crippen MR) is 93.2 cm³/mol. The summed E-state index contributed by atoms with van der Waals surface area (Å²) in [6.07, 6.45) is 6.31. The first-order chi connectivity index (χ1) is 11.6. The van der Waals surface area contributed by atoms with Crippen LogP contribution < -0.4 is 5.32 Å². The van der Waals surface area contributed by atoms with Gasteiger partial charge in [-0.3, -0.25) is 4.90 Å². The Balaban J connectivity index is 1.61. The molecule has 1 saturated carbocycles. The number of hydrogen-bond donors (Lipinski definition) is 1. The highest BCUT2D eigenvalue weighted by molar-refractivity contribution is 5.74. The molecule has 1 N–H and O–H groups in total. The highest BCUT2D eigenvalue weighted by Gasteiger charge is 2.39. The van der Waals surface area contributed by atoms with Crippen molar-refractivity contribution in [1.82, 2.24) is 15.1 Å². The van der Waals surface area contributed by atoms with Crippen LogP contribution in [0.2, 0.25) is 0 Å². The van der Waals surface area contributed by atoms with Crippen molar-refractivity contribution in [3.8, 4) is 0 Å². The molecule has 138 valence electrons. The van der Waals surface area contributed by atoms with E-state index < -0.39 is 0 Å². The summed E-state index contributed by atoms with van der Waals surface area (Å²) in [7, 11) is 0. The Bertz CT molecular complexity index is 420. The lowest BCUT2D eigenvalue weighted by molar-refractivity contribution is -0.0439. The number of morpholine rings is 2. The van der Waals surface area contributed by atoms with Crippen LogP contribution >= 0.6 is 0 Å². The zero-order chi connectivity index (χ0) is 17.0. The first kappa shape index (κ1) is 18.0. The van der Waals surface area contributed by atoms with Crippen molar-refractivity contribution in [3.63, 3.8) is 0 Å². The van der Waals surface area contributed by atoms with Crippen molar-refractivity contribution >= 4 is 6.03 Å². The molecule has 6 heteroatoms. The van der Waals surface area contributed by atoms with Gasteiger partial charge in [0.1, 0.15) is 0 Å². The summed E-state index contributed by atoms with van der Waals surface area (Å²) in [6.45, 7) is 9.78. The fraction of sp³-hybridized carbons (Fsp3) is 0.944. The van der Waals surface area contributed by atoms with Gasteiger partial charge in [0.25, 0.3) is 0 Å². The van der Waals surface area contributed by atoms with Gasteiger partial charge in [-0.1, -0.05) is 19.3 Å². The van der Waals surface area contributed by atoms with Gasteiger partial charge in [0.2, 0.25) is 0 Å². The van der Waals surface area contributed by atoms with Crippen LogP contribution in [0.1, 0.15) is 46.0 Å². The molecule has 3 fully saturated rings. The molecule has 2 unspecified atom stereocenters. The molecule has 3 aliphatic rings. The summed E-state index contributed by atoms with van der Waals surface area (Å²) >= 11 is 0. The third kappa shape index (κ3) is 3.86. The van der Waals surface area contributed by atoms with Gasteiger partial charge in [0, 0.05) is 31.7 Å². The average molecular weight is 339 g/mol. The minimum atomic E-state index is 0.0656. The summed E-state index contributed by atoms with van der Waals surface area (Å²) in [4.78, 5) is 17.2. The molecule has 0 spiro atoms. The molecule has 0 aromatic heterocycles. The number of carbonyl (C=O) groups excluding carboxylic acids is 1. The lowest BCUT2D eigenvalue weighted by Gasteiger charge is -2.48. The van der Waals surface area contributed by atoms with E-state index in [4.69, 9.17) is 9.47 Å². The quantitative estimate of drug-likeness (QED) is 0.852. The Morgan fingerprint density at radius 3 is 2.50 bits per heavy atom. The van der Waals surface area contributed by atoms with Gasteiger partial charge in [-0.2, -0.15) is 0 Å². The normalized spacial score (nSPS) is 31.7. The molecule has 0 bridgehead atoms. The number of hydrogen-bond acceptors (Lipinski definition) is 4. The van der Waals surface area contributed by atoms with Gasteiger partial charge in [-0.05, 0) is 26.7 Å². The molecule has 0 radical (unpaired) electrons. The molecule has 1 aliphatic carbocycles. The molecule has 2 saturated heterocycles. The standard InChI is InChI=1S/C18H33N3O3/c1-15-16(2)24-13-10-21(15)17(22)19-14-18(6-4-3-5-7-18)20-8-11-23-12-9-20/h15-16H,3-14H2,1-2H3,(H,19,22). The molecule has 2 amide bonds. The first-order valence-corrected chi connectivity index (χ1v) is 9.61. The number of carbonyl (C=O) groups is 1. The second kappa shape index (κ2) is 8.02. The maximum atomic E-state index is 12.7. The highest BCUT2D eigenvalue weighted by Crippen LogP contribution is 2.34. The van der Waals surface area contributed by atoms with Gasteiger partial charge in [-0.25, -0.2) is 4.79 Å². The van der Waals surface area contributed by atoms with E-state index in [0.29, 0.717) is 13.2 Å². The zero-order valence-electron chi connectivity index (χ0n) is 15.3. The smallest absolute Gasteiger partial charge is 0.317 e. The molecule has 0 aromatic carbocycles. The third-order valence-corrected chi connectivity index (χ3v) is 6.18. The fourth-order valence-electron chi connectivity index (χ4n) is 4.41. The summed E-state index contributed by atoms with van der Waals surface area (Å²) < 4.78 is 11.2. The van der Waals surface area contributed by atoms with Crippen LogP contribution in [-0.2, 0) is 9.47 Å². The first-order valence-electron chi connectivity index (χ1n) is 9.61. The second-order valence-electron chi connectivity index (χ2n) is 7.55. The van der Waals surface area contributed by atoms with Crippen LogP contribution in [0.25, 0.3) is 0 Å². The number of nitrogens with one attached hydrogen (secondary N) is 1. The van der Waals surface area contributed by atoms with E-state index in [1.54, 1.807) is 0 Å². The lowest BCUT2D eigenvalue weighted by atomic mass is 9.80. The van der Waals surface area contributed by atoms with E-state index in [1.165, 1.54) is 32.1 Å². The van der Waals surface area contributed by atoms with Gasteiger partial charge < -0.3 is 19.7 Å². The van der Waals surface area contributed by atoms with Crippen molar-refractivity contribution in [3.05, 3.63) is 0 Å². The molecule has 2 atom stereocenters. The topological polar surface area (TPSA) is 54.0 Å². The number of rotatable bonds is 3. The van der Waals surface area contributed by atoms with Crippen LogP contribution in [0.15, 0.2) is 0 Å². The molecule has 2 heterocycles. The Hall–Kier alpha value is -0.850. The lowest BCUT2D eigenvalue weighted by Crippen LogP contribution is -2.62. The van der Waals surface area contributed by atoms with E-state index in [-0.39, 0.29) is 23.7 Å². The average Bonchev–Trinajstić information content (AvgIpc) is 2.63. The summed E-state index contributed by atoms with van der Waals surface area (Å²) in [6, 6.07) is 0.195. The predicted octanol–water partition coefficient (Wildman–Crippen LogP) is 1.84. The number of amides is 2. The molecule has 3 rings (SSSR count). The van der Waals surface area contributed by atoms with Crippen molar-refractivity contribution in [2.24, 2.45) is 0 Å². The van der Waals surface area contributed by atoms with Crippen LogP contribution in [0.4, 0.5) is 4.79 Å². The van der Waals surface area contributed by atoms with E-state index in [9.17, 15) is 4.79 Å². The number of ether oxygens (including phenoxy) is 2. The Kier molecular flexibility index (Phi) is 6.00. The minimum Gasteiger partial charge on any atom is -0.379 e. The van der Waals surface area contributed by atoms with Crippen molar-refractivity contribution in [2.75, 3.05) is 46.0 Å². The highest BCUT2D eigenvalue weighted by atomic mass is 16.5. The van der Waals surface area contributed by atoms with Gasteiger partial charge in [0.05, 0.1) is 32.0 Å². The third-order valence-electron chi connectivity index (χ3n) is 6.18. The van der Waals surface area contributed by atoms with E-state index in [1.807, 2.05) is 11.8 Å². The summed E-state index contributed by atoms with van der Waals surface area (Å²) in [5.74, 6) is 0. The Labute approximate surface area is 145 Å². The van der Waals surface area contributed by atoms with Crippen LogP contribution in [0, 0.1) is 0 Å². The number of urea groups is 1. The minimum absolute atomic E-state index is 0.0656. The second-order valence-corrected chi connectivity index (χ2v) is 7.55. The molecular formula is C18H33N3O3. The molecular weight excluding hydrogens is 306 g/mol. The van der Waals surface area contributed by atoms with Gasteiger partial charge in [-0.15, -0.1) is 0 Å². The maximum Gasteiger partial charge on any atom is 0.317 e. The summed E-state index contributed by atoms with van der Waals surface area (Å²) in [5, 5.41) is 3.26. The molecule has 0 aromatic rings. The number of nitrogens with zero attached hydrogens (tertiary/aromatic N) is 2. The van der Waals surface area contributed by atoms with Crippen molar-refractivity contribution in [2.45, 2.75) is 63.6 Å².